The molecule has 5 rings (SSSR count). The number of fused-ring (bicyclic) bond motifs is 1. The van der Waals surface area contributed by atoms with Crippen molar-refractivity contribution in [1.29, 1.82) is 0 Å². The summed E-state index contributed by atoms with van der Waals surface area (Å²) in [5, 5.41) is 3.54. The van der Waals surface area contributed by atoms with Crippen molar-refractivity contribution < 1.29 is 19.1 Å². The van der Waals surface area contributed by atoms with E-state index in [4.69, 9.17) is 9.47 Å². The van der Waals surface area contributed by atoms with Gasteiger partial charge in [0.1, 0.15) is 6.04 Å². The first-order valence-electron chi connectivity index (χ1n) is 13.3. The number of anilines is 1. The molecular formula is C32H32N4O4S. The van der Waals surface area contributed by atoms with Gasteiger partial charge in [-0.2, -0.15) is 0 Å². The number of benzene rings is 3. The fourth-order valence-electron chi connectivity index (χ4n) is 4.67. The van der Waals surface area contributed by atoms with E-state index in [2.05, 4.69) is 15.3 Å². The second-order valence-corrected chi connectivity index (χ2v) is 11.0. The van der Waals surface area contributed by atoms with E-state index in [1.54, 1.807) is 23.1 Å². The largest absolute Gasteiger partial charge is 0.454 e. The lowest BCUT2D eigenvalue weighted by Crippen LogP contribution is -2.42. The summed E-state index contributed by atoms with van der Waals surface area (Å²) in [5.74, 6) is 0.733. The summed E-state index contributed by atoms with van der Waals surface area (Å²) in [4.78, 5) is 38.7. The Kier molecular flexibility index (Phi) is 8.54. The molecule has 4 aromatic rings. The predicted octanol–water partition coefficient (Wildman–Crippen LogP) is 5.94. The summed E-state index contributed by atoms with van der Waals surface area (Å²) in [6.45, 7) is 8.19. The highest BCUT2D eigenvalue weighted by atomic mass is 32.2. The van der Waals surface area contributed by atoms with Crippen LogP contribution in [0.25, 0.3) is 0 Å². The first-order valence-corrected chi connectivity index (χ1v) is 14.3. The van der Waals surface area contributed by atoms with Gasteiger partial charge in [-0.25, -0.2) is 9.97 Å². The molecule has 9 heteroatoms. The summed E-state index contributed by atoms with van der Waals surface area (Å²) < 4.78 is 10.9. The minimum atomic E-state index is -0.895. The lowest BCUT2D eigenvalue weighted by atomic mass is 10.0. The van der Waals surface area contributed by atoms with E-state index in [-0.39, 0.29) is 30.9 Å². The molecule has 41 heavy (non-hydrogen) atoms. The number of aryl methyl sites for hydroxylation is 4. The molecule has 0 bridgehead atoms. The zero-order valence-corrected chi connectivity index (χ0v) is 24.3. The topological polar surface area (TPSA) is 93.7 Å². The van der Waals surface area contributed by atoms with Crippen LogP contribution < -0.4 is 14.8 Å². The molecule has 1 aromatic heterocycles. The van der Waals surface area contributed by atoms with Gasteiger partial charge in [0.25, 0.3) is 5.91 Å². The van der Waals surface area contributed by atoms with Crippen LogP contribution in [0, 0.1) is 27.7 Å². The van der Waals surface area contributed by atoms with E-state index in [1.807, 2.05) is 82.3 Å². The Morgan fingerprint density at radius 1 is 0.902 bits per heavy atom. The van der Waals surface area contributed by atoms with Crippen molar-refractivity contribution in [2.75, 3.05) is 17.9 Å². The molecule has 2 amide bonds. The number of ether oxygens (including phenoxy) is 2. The molecule has 0 saturated heterocycles. The second kappa shape index (κ2) is 12.4. The maximum Gasteiger partial charge on any atom is 0.251 e. The van der Waals surface area contributed by atoms with Gasteiger partial charge in [0.05, 0.1) is 5.75 Å². The van der Waals surface area contributed by atoms with Crippen molar-refractivity contribution >= 4 is 29.3 Å². The van der Waals surface area contributed by atoms with Crippen LogP contribution >= 0.6 is 11.8 Å². The second-order valence-electron chi connectivity index (χ2n) is 10.0. The summed E-state index contributed by atoms with van der Waals surface area (Å²) >= 11 is 1.27. The van der Waals surface area contributed by atoms with Crippen LogP contribution in [0.3, 0.4) is 0 Å². The van der Waals surface area contributed by atoms with Crippen LogP contribution in [0.15, 0.2) is 78.0 Å². The number of nitrogens with one attached hydrogen (secondary N) is 1. The minimum Gasteiger partial charge on any atom is -0.454 e. The molecule has 8 nitrogen and oxygen atoms in total. The Labute approximate surface area is 244 Å². The van der Waals surface area contributed by atoms with Gasteiger partial charge in [-0.1, -0.05) is 65.9 Å². The van der Waals surface area contributed by atoms with Crippen LogP contribution in [-0.2, 0) is 16.1 Å². The molecule has 1 atom stereocenters. The van der Waals surface area contributed by atoms with Crippen molar-refractivity contribution in [3.05, 3.63) is 106 Å². The fourth-order valence-corrected chi connectivity index (χ4v) is 5.50. The number of carbonyl (C=O) groups is 2. The van der Waals surface area contributed by atoms with E-state index in [1.165, 1.54) is 11.8 Å². The van der Waals surface area contributed by atoms with Gasteiger partial charge in [0.2, 0.25) is 12.7 Å². The van der Waals surface area contributed by atoms with Crippen molar-refractivity contribution in [1.82, 2.24) is 14.9 Å². The molecule has 0 aliphatic carbocycles. The lowest BCUT2D eigenvalue weighted by molar-refractivity contribution is -0.137. The van der Waals surface area contributed by atoms with Crippen LogP contribution in [-0.4, -0.2) is 39.2 Å². The Morgan fingerprint density at radius 3 is 2.34 bits per heavy atom. The van der Waals surface area contributed by atoms with Gasteiger partial charge in [0.15, 0.2) is 16.7 Å². The monoisotopic (exact) mass is 568 g/mol. The SMILES string of the molecule is Cc1ccc([C@@H](C(=O)Nc2ccc3c(c2)OCO3)N(Cc2ccccc2C)C(=O)CSc2nc(C)cc(C)n2)cc1. The van der Waals surface area contributed by atoms with Crippen molar-refractivity contribution in [3.8, 4) is 11.5 Å². The zero-order chi connectivity index (χ0) is 28.9. The van der Waals surface area contributed by atoms with Gasteiger partial charge in [-0.3, -0.25) is 9.59 Å². The van der Waals surface area contributed by atoms with Gasteiger partial charge >= 0.3 is 0 Å². The minimum absolute atomic E-state index is 0.0778. The van der Waals surface area contributed by atoms with Crippen LogP contribution in [0.1, 0.15) is 39.7 Å². The average molecular weight is 569 g/mol. The Morgan fingerprint density at radius 2 is 1.61 bits per heavy atom. The third kappa shape index (κ3) is 6.86. The molecule has 3 aromatic carbocycles. The number of carbonyl (C=O) groups excluding carboxylic acids is 2. The molecule has 0 saturated carbocycles. The number of aromatic nitrogens is 2. The van der Waals surface area contributed by atoms with Crippen molar-refractivity contribution in [2.24, 2.45) is 0 Å². The number of rotatable bonds is 9. The summed E-state index contributed by atoms with van der Waals surface area (Å²) in [7, 11) is 0. The maximum atomic E-state index is 14.1. The Balaban J connectivity index is 1.49. The quantitative estimate of drug-likeness (QED) is 0.197. The highest BCUT2D eigenvalue weighted by Crippen LogP contribution is 2.35. The summed E-state index contributed by atoms with van der Waals surface area (Å²) in [6, 6.07) is 21.8. The highest BCUT2D eigenvalue weighted by Gasteiger charge is 2.32. The van der Waals surface area contributed by atoms with E-state index in [0.29, 0.717) is 27.9 Å². The molecule has 0 fully saturated rings. The molecule has 0 radical (unpaired) electrons. The number of thioether (sulfide) groups is 1. The third-order valence-corrected chi connectivity index (χ3v) is 7.63. The normalized spacial score (nSPS) is 12.6. The summed E-state index contributed by atoms with van der Waals surface area (Å²) in [5.41, 5.74) is 6.00. The van der Waals surface area contributed by atoms with Crippen LogP contribution in [0.4, 0.5) is 5.69 Å². The van der Waals surface area contributed by atoms with E-state index in [9.17, 15) is 9.59 Å². The fraction of sp³-hybridized carbons (Fsp3) is 0.250. The maximum absolute atomic E-state index is 14.1. The molecule has 0 spiro atoms. The van der Waals surface area contributed by atoms with Crippen LogP contribution in [0.5, 0.6) is 11.5 Å². The first-order chi connectivity index (χ1) is 19.8. The van der Waals surface area contributed by atoms with Gasteiger partial charge < -0.3 is 19.7 Å². The standard InChI is InChI=1S/C32H32N4O4S/c1-20-9-11-24(12-10-20)30(31(38)35-26-13-14-27-28(16-26)40-19-39-27)36(17-25-8-6-5-7-21(25)2)29(37)18-41-32-33-22(3)15-23(4)34-32/h5-16,30H,17-19H2,1-4H3,(H,35,38)/t30-/m0/s1. The number of amides is 2. The highest BCUT2D eigenvalue weighted by molar-refractivity contribution is 7.99. The Hall–Kier alpha value is -4.37. The van der Waals surface area contributed by atoms with Crippen molar-refractivity contribution in [3.63, 3.8) is 0 Å². The van der Waals surface area contributed by atoms with Gasteiger partial charge in [-0.15, -0.1) is 0 Å². The number of nitrogens with zero attached hydrogens (tertiary/aromatic N) is 3. The number of hydrogen-bond donors (Lipinski definition) is 1. The zero-order valence-electron chi connectivity index (χ0n) is 23.5. The Bertz CT molecular complexity index is 1550. The lowest BCUT2D eigenvalue weighted by Gasteiger charge is -2.32. The molecule has 1 aliphatic rings. The smallest absolute Gasteiger partial charge is 0.251 e. The molecule has 210 valence electrons. The third-order valence-electron chi connectivity index (χ3n) is 6.80. The van der Waals surface area contributed by atoms with Crippen LogP contribution in [0.2, 0.25) is 0 Å². The molecule has 1 N–H and O–H groups in total. The first kappa shape index (κ1) is 28.2. The van der Waals surface area contributed by atoms with Gasteiger partial charge in [0, 0.05) is 29.7 Å². The molecule has 2 heterocycles. The average Bonchev–Trinajstić information content (AvgIpc) is 3.41. The molecule has 0 unspecified atom stereocenters. The van der Waals surface area contributed by atoms with E-state index >= 15 is 0 Å². The predicted molar refractivity (Wildman–Crippen MR) is 159 cm³/mol. The summed E-state index contributed by atoms with van der Waals surface area (Å²) in [6.07, 6.45) is 0. The molecular weight excluding hydrogens is 536 g/mol. The van der Waals surface area contributed by atoms with E-state index in [0.717, 1.165) is 28.1 Å². The molecule has 1 aliphatic heterocycles. The van der Waals surface area contributed by atoms with Crippen molar-refractivity contribution in [2.45, 2.75) is 45.4 Å². The van der Waals surface area contributed by atoms with Gasteiger partial charge in [-0.05, 0) is 62.6 Å². The van der Waals surface area contributed by atoms with E-state index < -0.39 is 6.04 Å². The number of hydrogen-bond acceptors (Lipinski definition) is 7.